The molecule has 7 aromatic rings. The van der Waals surface area contributed by atoms with Crippen molar-refractivity contribution >= 4 is 50.7 Å². The number of anilines is 3. The Balaban J connectivity index is 1.31. The first-order valence-corrected chi connectivity index (χ1v) is 16.6. The van der Waals surface area contributed by atoms with Crippen LogP contribution in [-0.2, 0) is 4.79 Å². The summed E-state index contributed by atoms with van der Waals surface area (Å²) in [5.41, 5.74) is 7.21. The third kappa shape index (κ3) is 6.65. The summed E-state index contributed by atoms with van der Waals surface area (Å²) >= 11 is 0. The van der Waals surface area contributed by atoms with E-state index in [9.17, 15) is 9.90 Å². The molecule has 52 heavy (non-hydrogen) atoms. The molecule has 0 saturated heterocycles. The molecule has 6 heteroatoms. The van der Waals surface area contributed by atoms with Gasteiger partial charge in [-0.3, -0.25) is 0 Å². The number of benzene rings is 7. The lowest BCUT2D eigenvalue weighted by Crippen LogP contribution is -2.09. The molecular weight excluding hydrogens is 645 g/mol. The van der Waals surface area contributed by atoms with Gasteiger partial charge in [0.2, 0.25) is 0 Å². The van der Waals surface area contributed by atoms with Gasteiger partial charge in [0.05, 0.1) is 14.2 Å². The number of carboxylic acid groups (broad SMARTS) is 1. The number of methoxy groups -OCH3 is 2. The second kappa shape index (κ2) is 14.7. The number of hydrogen-bond acceptors (Lipinski definition) is 5. The highest BCUT2D eigenvalue weighted by atomic mass is 16.5. The fourth-order valence-electron chi connectivity index (χ4n) is 6.37. The predicted octanol–water partition coefficient (Wildman–Crippen LogP) is 10.5. The molecule has 7 rings (SSSR count). The minimum Gasteiger partial charge on any atom is -0.497 e. The zero-order valence-corrected chi connectivity index (χ0v) is 28.5. The van der Waals surface area contributed by atoms with E-state index in [0.717, 1.165) is 72.4 Å². The Hall–Kier alpha value is -7.28. The van der Waals surface area contributed by atoms with E-state index in [1.54, 1.807) is 32.4 Å². The van der Waals surface area contributed by atoms with E-state index in [1.165, 1.54) is 6.08 Å². The van der Waals surface area contributed by atoms with Crippen molar-refractivity contribution in [2.45, 2.75) is 0 Å². The van der Waals surface area contributed by atoms with E-state index in [0.29, 0.717) is 5.56 Å². The van der Waals surface area contributed by atoms with Crippen molar-refractivity contribution in [2.75, 3.05) is 19.1 Å². The Kier molecular flexibility index (Phi) is 9.38. The van der Waals surface area contributed by atoms with Gasteiger partial charge in [-0.05, 0) is 117 Å². The summed E-state index contributed by atoms with van der Waals surface area (Å²) < 4.78 is 10.9. The van der Waals surface area contributed by atoms with Crippen LogP contribution < -0.4 is 14.4 Å². The van der Waals surface area contributed by atoms with Gasteiger partial charge in [0.15, 0.2) is 0 Å². The van der Waals surface area contributed by atoms with Gasteiger partial charge in [-0.25, -0.2) is 4.79 Å². The monoisotopic (exact) mass is 676 g/mol. The van der Waals surface area contributed by atoms with Crippen LogP contribution in [0.3, 0.4) is 0 Å². The zero-order valence-electron chi connectivity index (χ0n) is 28.5. The number of rotatable bonds is 8. The summed E-state index contributed by atoms with van der Waals surface area (Å²) in [6, 6.07) is 50.3. The molecule has 0 aliphatic heterocycles. The van der Waals surface area contributed by atoms with Gasteiger partial charge >= 0.3 is 5.97 Å². The molecule has 0 aromatic heterocycles. The standard InChI is InChI=1S/C46H32N2O4/c1-51-38-24-20-36(21-25-38)48(37-22-26-39(52-2)27-23-37)35-18-16-33(17-19-35)45-43-9-5-3-7-40(43)42(41-8-4-6-10-44(41)45)28-15-31-11-13-32(14-12-31)29-34(30-47)46(49)50/h3-14,16-27,29H,1-2H3,(H,49,50)/b34-29+. The maximum Gasteiger partial charge on any atom is 0.346 e. The molecule has 0 aliphatic rings. The summed E-state index contributed by atoms with van der Waals surface area (Å²) in [6.45, 7) is 0. The van der Waals surface area contributed by atoms with Crippen LogP contribution >= 0.6 is 0 Å². The van der Waals surface area contributed by atoms with Crippen LogP contribution in [0.2, 0.25) is 0 Å². The van der Waals surface area contributed by atoms with Crippen molar-refractivity contribution in [2.24, 2.45) is 0 Å². The largest absolute Gasteiger partial charge is 0.497 e. The highest BCUT2D eigenvalue weighted by molar-refractivity contribution is 6.16. The Bertz CT molecular complexity index is 2450. The molecule has 7 aromatic carbocycles. The first-order valence-electron chi connectivity index (χ1n) is 16.6. The topological polar surface area (TPSA) is 82.8 Å². The van der Waals surface area contributed by atoms with Crippen molar-refractivity contribution in [3.8, 4) is 40.5 Å². The summed E-state index contributed by atoms with van der Waals surface area (Å²) in [4.78, 5) is 13.5. The SMILES string of the molecule is COc1ccc(N(c2ccc(OC)cc2)c2ccc(-c3c4ccccc4c(C#Cc4ccc(/C=C(\C#N)C(=O)O)cc4)c4ccccc34)cc2)cc1. The molecule has 0 saturated carbocycles. The Morgan fingerprint density at radius 2 is 1.08 bits per heavy atom. The summed E-state index contributed by atoms with van der Waals surface area (Å²) in [5.74, 6) is 7.10. The smallest absolute Gasteiger partial charge is 0.346 e. The van der Waals surface area contributed by atoms with E-state index >= 15 is 0 Å². The van der Waals surface area contributed by atoms with Crippen molar-refractivity contribution in [3.63, 3.8) is 0 Å². The maximum atomic E-state index is 11.3. The molecule has 6 nitrogen and oxygen atoms in total. The molecule has 0 fully saturated rings. The molecular formula is C46H32N2O4. The van der Waals surface area contributed by atoms with Crippen LogP contribution in [-0.4, -0.2) is 25.3 Å². The second-order valence-electron chi connectivity index (χ2n) is 12.0. The fourth-order valence-corrected chi connectivity index (χ4v) is 6.37. The molecule has 0 radical (unpaired) electrons. The first kappa shape index (κ1) is 33.2. The average Bonchev–Trinajstić information content (AvgIpc) is 3.20. The minimum absolute atomic E-state index is 0.321. The number of nitrogens with zero attached hydrogens (tertiary/aromatic N) is 2. The Morgan fingerprint density at radius 1 is 0.615 bits per heavy atom. The molecule has 1 N–H and O–H groups in total. The van der Waals surface area contributed by atoms with Crippen LogP contribution in [0.5, 0.6) is 11.5 Å². The van der Waals surface area contributed by atoms with E-state index in [1.807, 2.05) is 72.8 Å². The number of hydrogen-bond donors (Lipinski definition) is 1. The molecule has 0 aliphatic carbocycles. The molecule has 250 valence electrons. The molecule has 0 unspecified atom stereocenters. The van der Waals surface area contributed by atoms with Crippen LogP contribution in [0.1, 0.15) is 16.7 Å². The van der Waals surface area contributed by atoms with E-state index in [-0.39, 0.29) is 5.57 Å². The normalized spacial score (nSPS) is 11.0. The van der Waals surface area contributed by atoms with E-state index < -0.39 is 5.97 Å². The highest BCUT2D eigenvalue weighted by Gasteiger charge is 2.17. The van der Waals surface area contributed by atoms with Crippen molar-refractivity contribution < 1.29 is 19.4 Å². The lowest BCUT2D eigenvalue weighted by atomic mass is 9.88. The lowest BCUT2D eigenvalue weighted by molar-refractivity contribution is -0.132. The van der Waals surface area contributed by atoms with Gasteiger partial charge in [-0.2, -0.15) is 5.26 Å². The molecule has 0 heterocycles. The number of fused-ring (bicyclic) bond motifs is 2. The van der Waals surface area contributed by atoms with E-state index in [2.05, 4.69) is 77.4 Å². The first-order chi connectivity index (χ1) is 25.5. The van der Waals surface area contributed by atoms with Gasteiger partial charge in [0, 0.05) is 28.2 Å². The lowest BCUT2D eigenvalue weighted by Gasteiger charge is -2.26. The Labute approximate surface area is 302 Å². The number of nitriles is 1. The second-order valence-corrected chi connectivity index (χ2v) is 12.0. The highest BCUT2D eigenvalue weighted by Crippen LogP contribution is 2.41. The predicted molar refractivity (Wildman–Crippen MR) is 208 cm³/mol. The van der Waals surface area contributed by atoms with Crippen molar-refractivity contribution in [1.82, 2.24) is 0 Å². The van der Waals surface area contributed by atoms with E-state index in [4.69, 9.17) is 14.7 Å². The van der Waals surface area contributed by atoms with Crippen LogP contribution in [0.15, 0.2) is 151 Å². The van der Waals surface area contributed by atoms with Crippen LogP contribution in [0.25, 0.3) is 38.7 Å². The quantitative estimate of drug-likeness (QED) is 0.0747. The van der Waals surface area contributed by atoms with Crippen LogP contribution in [0.4, 0.5) is 17.1 Å². The summed E-state index contributed by atoms with van der Waals surface area (Å²) in [7, 11) is 3.33. The van der Waals surface area contributed by atoms with Crippen molar-refractivity contribution in [1.29, 1.82) is 5.26 Å². The summed E-state index contributed by atoms with van der Waals surface area (Å²) in [5, 5.41) is 22.6. The van der Waals surface area contributed by atoms with Gasteiger partial charge in [0.25, 0.3) is 0 Å². The minimum atomic E-state index is -1.26. The summed E-state index contributed by atoms with van der Waals surface area (Å²) in [6.07, 6.45) is 1.35. The number of carboxylic acids is 1. The van der Waals surface area contributed by atoms with Gasteiger partial charge in [0.1, 0.15) is 23.1 Å². The van der Waals surface area contributed by atoms with Gasteiger partial charge < -0.3 is 19.5 Å². The van der Waals surface area contributed by atoms with Gasteiger partial charge in [-0.15, -0.1) is 0 Å². The molecule has 0 spiro atoms. The third-order valence-electron chi connectivity index (χ3n) is 8.91. The van der Waals surface area contributed by atoms with Crippen molar-refractivity contribution in [3.05, 3.63) is 168 Å². The average molecular weight is 677 g/mol. The number of aliphatic carboxylic acids is 1. The number of ether oxygens (including phenoxy) is 2. The molecule has 0 atom stereocenters. The third-order valence-corrected chi connectivity index (χ3v) is 8.91. The Morgan fingerprint density at radius 3 is 1.52 bits per heavy atom. The van der Waals surface area contributed by atoms with Gasteiger partial charge in [-0.1, -0.05) is 84.6 Å². The number of carbonyl (C=O) groups is 1. The fraction of sp³-hybridized carbons (Fsp3) is 0.0435. The molecule has 0 amide bonds. The maximum absolute atomic E-state index is 11.3. The van der Waals surface area contributed by atoms with Crippen LogP contribution in [0, 0.1) is 23.2 Å². The zero-order chi connectivity index (χ0) is 36.0. The molecule has 0 bridgehead atoms.